The molecule has 0 aliphatic rings. The van der Waals surface area contributed by atoms with Crippen molar-refractivity contribution in [2.75, 3.05) is 6.54 Å². The van der Waals surface area contributed by atoms with Gasteiger partial charge in [-0.3, -0.25) is 4.79 Å². The quantitative estimate of drug-likeness (QED) is 0.834. The number of hydrogen-bond donors (Lipinski definition) is 2. The van der Waals surface area contributed by atoms with E-state index in [0.29, 0.717) is 18.8 Å². The van der Waals surface area contributed by atoms with Gasteiger partial charge in [0.1, 0.15) is 5.69 Å². The number of rotatable bonds is 3. The molecule has 0 aromatic carbocycles. The van der Waals surface area contributed by atoms with Crippen LogP contribution in [0.25, 0.3) is 0 Å². The van der Waals surface area contributed by atoms with Crippen LogP contribution in [0.2, 0.25) is 0 Å². The Kier molecular flexibility index (Phi) is 5.30. The molecule has 3 N–H and O–H groups in total. The predicted molar refractivity (Wildman–Crippen MR) is 83.4 cm³/mol. The summed E-state index contributed by atoms with van der Waals surface area (Å²) >= 11 is 4.97. The van der Waals surface area contributed by atoms with Crippen LogP contribution in [0.5, 0.6) is 0 Å². The van der Waals surface area contributed by atoms with Crippen molar-refractivity contribution in [3.05, 3.63) is 50.4 Å². The van der Waals surface area contributed by atoms with Crippen molar-refractivity contribution >= 4 is 33.2 Å². The molecule has 0 spiro atoms. The Morgan fingerprint density at radius 3 is 2.85 bits per heavy atom. The first kappa shape index (κ1) is 14.7. The average Bonchev–Trinajstić information content (AvgIpc) is 2.89. The number of nitrogens with one attached hydrogen (secondary N) is 1. The summed E-state index contributed by atoms with van der Waals surface area (Å²) in [5.74, 6) is 5.39. The Hall–Kier alpha value is -1.68. The number of nitrogens with two attached hydrogens (primary N) is 1. The predicted octanol–water partition coefficient (Wildman–Crippen LogP) is 2.15. The van der Waals surface area contributed by atoms with Gasteiger partial charge in [-0.2, -0.15) is 0 Å². The van der Waals surface area contributed by atoms with E-state index in [4.69, 9.17) is 5.73 Å². The SMILES string of the molecule is NCC#Cc1ccc(C(=O)NCc2ccc(Br)s2)nc1. The van der Waals surface area contributed by atoms with E-state index in [1.54, 1.807) is 29.7 Å². The number of amides is 1. The van der Waals surface area contributed by atoms with E-state index in [1.807, 2.05) is 12.1 Å². The zero-order valence-corrected chi connectivity index (χ0v) is 12.9. The van der Waals surface area contributed by atoms with E-state index in [0.717, 1.165) is 14.2 Å². The number of aromatic nitrogens is 1. The van der Waals surface area contributed by atoms with Crippen molar-refractivity contribution in [2.24, 2.45) is 5.73 Å². The number of carbonyl (C=O) groups is 1. The molecule has 0 atom stereocenters. The molecule has 0 unspecified atom stereocenters. The second-order valence-electron chi connectivity index (χ2n) is 3.83. The van der Waals surface area contributed by atoms with Crippen LogP contribution in [0.3, 0.4) is 0 Å². The van der Waals surface area contributed by atoms with Crippen LogP contribution in [0.4, 0.5) is 0 Å². The highest BCUT2D eigenvalue weighted by atomic mass is 79.9. The topological polar surface area (TPSA) is 68.0 Å². The molecular weight excluding hydrogens is 338 g/mol. The smallest absolute Gasteiger partial charge is 0.270 e. The van der Waals surface area contributed by atoms with Gasteiger partial charge in [-0.1, -0.05) is 11.8 Å². The first-order chi connectivity index (χ1) is 9.69. The molecule has 1 amide bonds. The van der Waals surface area contributed by atoms with Gasteiger partial charge in [0.25, 0.3) is 5.91 Å². The van der Waals surface area contributed by atoms with Crippen molar-refractivity contribution in [1.29, 1.82) is 0 Å². The molecule has 0 radical (unpaired) electrons. The summed E-state index contributed by atoms with van der Waals surface area (Å²) in [4.78, 5) is 17.1. The van der Waals surface area contributed by atoms with E-state index in [2.05, 4.69) is 38.1 Å². The Morgan fingerprint density at radius 2 is 2.25 bits per heavy atom. The number of halogens is 1. The third-order valence-corrected chi connectivity index (χ3v) is 4.01. The van der Waals surface area contributed by atoms with E-state index < -0.39 is 0 Å². The van der Waals surface area contributed by atoms with Crippen molar-refractivity contribution in [3.63, 3.8) is 0 Å². The Morgan fingerprint density at radius 1 is 1.40 bits per heavy atom. The standard InChI is InChI=1S/C14H12BrN3OS/c15-13-6-4-11(20-13)9-18-14(19)12-5-3-10(8-17-12)2-1-7-16/h3-6,8H,7,9,16H2,(H,18,19). The van der Waals surface area contributed by atoms with Crippen molar-refractivity contribution < 1.29 is 4.79 Å². The summed E-state index contributed by atoms with van der Waals surface area (Å²) in [6.07, 6.45) is 1.57. The van der Waals surface area contributed by atoms with E-state index in [-0.39, 0.29) is 5.91 Å². The van der Waals surface area contributed by atoms with Gasteiger partial charge in [-0.15, -0.1) is 11.3 Å². The first-order valence-corrected chi connectivity index (χ1v) is 7.47. The molecule has 6 heteroatoms. The highest BCUT2D eigenvalue weighted by Gasteiger charge is 2.07. The minimum absolute atomic E-state index is 0.201. The summed E-state index contributed by atoms with van der Waals surface area (Å²) in [5.41, 5.74) is 6.41. The lowest BCUT2D eigenvalue weighted by Crippen LogP contribution is -2.23. The maximum Gasteiger partial charge on any atom is 0.270 e. The molecule has 0 aliphatic carbocycles. The summed E-state index contributed by atoms with van der Waals surface area (Å²) < 4.78 is 1.04. The molecule has 0 saturated heterocycles. The fourth-order valence-corrected chi connectivity index (χ4v) is 2.88. The van der Waals surface area contributed by atoms with Gasteiger partial charge in [0.15, 0.2) is 0 Å². The Bertz CT molecular complexity index is 655. The largest absolute Gasteiger partial charge is 0.346 e. The third-order valence-electron chi connectivity index (χ3n) is 2.38. The van der Waals surface area contributed by atoms with Crippen LogP contribution in [0.1, 0.15) is 20.9 Å². The molecule has 102 valence electrons. The van der Waals surface area contributed by atoms with E-state index in [9.17, 15) is 4.79 Å². The van der Waals surface area contributed by atoms with Crippen LogP contribution >= 0.6 is 27.3 Å². The maximum atomic E-state index is 11.9. The highest BCUT2D eigenvalue weighted by molar-refractivity contribution is 9.11. The summed E-state index contributed by atoms with van der Waals surface area (Å²) in [6.45, 7) is 0.796. The summed E-state index contributed by atoms with van der Waals surface area (Å²) in [5, 5.41) is 2.82. The first-order valence-electron chi connectivity index (χ1n) is 5.86. The Balaban J connectivity index is 1.95. The number of pyridine rings is 1. The molecule has 4 nitrogen and oxygen atoms in total. The average molecular weight is 350 g/mol. The van der Waals surface area contributed by atoms with Crippen molar-refractivity contribution in [3.8, 4) is 11.8 Å². The maximum absolute atomic E-state index is 11.9. The minimum atomic E-state index is -0.201. The number of carbonyl (C=O) groups excluding carboxylic acids is 1. The van der Waals surface area contributed by atoms with Gasteiger partial charge < -0.3 is 11.1 Å². The fourth-order valence-electron chi connectivity index (χ4n) is 1.46. The minimum Gasteiger partial charge on any atom is -0.346 e. The zero-order chi connectivity index (χ0) is 14.4. The third kappa shape index (κ3) is 4.17. The van der Waals surface area contributed by atoms with Gasteiger partial charge in [-0.25, -0.2) is 4.98 Å². The number of nitrogens with zero attached hydrogens (tertiary/aromatic N) is 1. The van der Waals surface area contributed by atoms with Gasteiger partial charge in [0.05, 0.1) is 16.9 Å². The summed E-state index contributed by atoms with van der Waals surface area (Å²) in [6, 6.07) is 7.33. The zero-order valence-electron chi connectivity index (χ0n) is 10.5. The van der Waals surface area contributed by atoms with E-state index in [1.165, 1.54) is 0 Å². The van der Waals surface area contributed by atoms with Crippen LogP contribution in [-0.4, -0.2) is 17.4 Å². The lowest BCUT2D eigenvalue weighted by atomic mass is 10.2. The second kappa shape index (κ2) is 7.20. The summed E-state index contributed by atoms with van der Waals surface area (Å²) in [7, 11) is 0. The molecule has 20 heavy (non-hydrogen) atoms. The molecule has 2 aromatic rings. The Labute approximate surface area is 129 Å². The van der Waals surface area contributed by atoms with Crippen molar-refractivity contribution in [2.45, 2.75) is 6.54 Å². The monoisotopic (exact) mass is 349 g/mol. The fraction of sp³-hybridized carbons (Fsp3) is 0.143. The van der Waals surface area contributed by atoms with Gasteiger partial charge >= 0.3 is 0 Å². The number of thiophene rings is 1. The second-order valence-corrected chi connectivity index (χ2v) is 6.37. The lowest BCUT2D eigenvalue weighted by molar-refractivity contribution is 0.0946. The van der Waals surface area contributed by atoms with Crippen LogP contribution < -0.4 is 11.1 Å². The number of hydrogen-bond acceptors (Lipinski definition) is 4. The molecular formula is C14H12BrN3OS. The van der Waals surface area contributed by atoms with Gasteiger partial charge in [-0.05, 0) is 40.2 Å². The highest BCUT2D eigenvalue weighted by Crippen LogP contribution is 2.21. The molecule has 0 aliphatic heterocycles. The lowest BCUT2D eigenvalue weighted by Gasteiger charge is -2.02. The molecule has 0 fully saturated rings. The molecule has 2 rings (SSSR count). The molecule has 0 bridgehead atoms. The molecule has 0 saturated carbocycles. The van der Waals surface area contributed by atoms with Crippen LogP contribution in [0.15, 0.2) is 34.2 Å². The molecule has 2 aromatic heterocycles. The van der Waals surface area contributed by atoms with E-state index >= 15 is 0 Å². The van der Waals surface area contributed by atoms with Gasteiger partial charge in [0, 0.05) is 16.6 Å². The van der Waals surface area contributed by atoms with Gasteiger partial charge in [0.2, 0.25) is 0 Å². The molecule has 2 heterocycles. The van der Waals surface area contributed by atoms with Crippen LogP contribution in [0, 0.1) is 11.8 Å². The van der Waals surface area contributed by atoms with Crippen molar-refractivity contribution in [1.82, 2.24) is 10.3 Å². The normalized spacial score (nSPS) is 9.70. The van der Waals surface area contributed by atoms with Crippen LogP contribution in [-0.2, 0) is 6.54 Å².